The Balaban J connectivity index is 1.50. The lowest BCUT2D eigenvalue weighted by molar-refractivity contribution is 0.0152. The molecule has 0 radical (unpaired) electrons. The number of anilines is 1. The van der Waals surface area contributed by atoms with Crippen molar-refractivity contribution in [2.75, 3.05) is 18.0 Å². The zero-order valence-electron chi connectivity index (χ0n) is 12.5. The van der Waals surface area contributed by atoms with E-state index < -0.39 is 5.97 Å². The van der Waals surface area contributed by atoms with E-state index in [1.165, 1.54) is 25.5 Å². The molecule has 2 saturated carbocycles. The number of rotatable bonds is 3. The fraction of sp³-hybridized carbons (Fsp3) is 0.688. The molecule has 0 amide bonds. The highest BCUT2D eigenvalue weighted by molar-refractivity contribution is 6.33. The molecule has 2 heterocycles. The maximum Gasteiger partial charge on any atom is 0.358 e. The lowest BCUT2D eigenvalue weighted by atomic mass is 9.98. The van der Waals surface area contributed by atoms with E-state index >= 15 is 0 Å². The number of nitrogens with zero attached hydrogens (tertiary/aromatic N) is 3. The van der Waals surface area contributed by atoms with E-state index in [1.54, 1.807) is 0 Å². The summed E-state index contributed by atoms with van der Waals surface area (Å²) in [7, 11) is 0. The molecule has 3 aliphatic rings. The highest BCUT2D eigenvalue weighted by Gasteiger charge is 2.42. The average Bonchev–Trinajstić information content (AvgIpc) is 3.25. The molecule has 0 spiro atoms. The summed E-state index contributed by atoms with van der Waals surface area (Å²) in [6, 6.07) is 0. The molecule has 118 valence electrons. The SMILES string of the molecule is O=C(OC1CC2CCC1C2)c1nc(N2CCCC2)ncc1Cl. The third kappa shape index (κ3) is 2.56. The molecule has 1 aromatic rings. The third-order valence-corrected chi connectivity index (χ3v) is 5.52. The molecule has 2 aliphatic carbocycles. The van der Waals surface area contributed by atoms with Gasteiger partial charge in [0.2, 0.25) is 5.95 Å². The Morgan fingerprint density at radius 1 is 1.27 bits per heavy atom. The molecule has 2 bridgehead atoms. The van der Waals surface area contributed by atoms with Crippen molar-refractivity contribution in [1.82, 2.24) is 9.97 Å². The Labute approximate surface area is 135 Å². The quantitative estimate of drug-likeness (QED) is 0.801. The predicted octanol–water partition coefficient (Wildman–Crippen LogP) is 3.08. The number of halogens is 1. The zero-order chi connectivity index (χ0) is 15.1. The van der Waals surface area contributed by atoms with Gasteiger partial charge in [0, 0.05) is 13.1 Å². The van der Waals surface area contributed by atoms with Crippen LogP contribution in [0.25, 0.3) is 0 Å². The Morgan fingerprint density at radius 3 is 2.77 bits per heavy atom. The largest absolute Gasteiger partial charge is 0.457 e. The lowest BCUT2D eigenvalue weighted by Crippen LogP contribution is -2.26. The predicted molar refractivity (Wildman–Crippen MR) is 83.1 cm³/mol. The van der Waals surface area contributed by atoms with Gasteiger partial charge in [0.1, 0.15) is 6.10 Å². The first kappa shape index (κ1) is 14.2. The molecule has 6 heteroatoms. The fourth-order valence-electron chi connectivity index (χ4n) is 4.09. The molecule has 0 N–H and O–H groups in total. The molecule has 3 unspecified atom stereocenters. The lowest BCUT2D eigenvalue weighted by Gasteiger charge is -2.22. The molecule has 3 fully saturated rings. The van der Waals surface area contributed by atoms with Crippen molar-refractivity contribution in [3.63, 3.8) is 0 Å². The normalized spacial score (nSPS) is 30.0. The van der Waals surface area contributed by atoms with Crippen LogP contribution >= 0.6 is 11.6 Å². The molecule has 0 aromatic carbocycles. The minimum atomic E-state index is -0.398. The zero-order valence-corrected chi connectivity index (χ0v) is 13.3. The maximum absolute atomic E-state index is 12.4. The molecular formula is C16H20ClN3O2. The first-order valence-corrected chi connectivity index (χ1v) is 8.57. The number of carbonyl (C=O) groups excluding carboxylic acids is 1. The summed E-state index contributed by atoms with van der Waals surface area (Å²) in [5.74, 6) is 1.46. The van der Waals surface area contributed by atoms with Crippen LogP contribution in [0.3, 0.4) is 0 Å². The Bertz CT molecular complexity index is 589. The number of esters is 1. The second kappa shape index (κ2) is 5.69. The number of hydrogen-bond acceptors (Lipinski definition) is 5. The van der Waals surface area contributed by atoms with Gasteiger partial charge >= 0.3 is 5.97 Å². The van der Waals surface area contributed by atoms with E-state index in [0.717, 1.165) is 38.3 Å². The van der Waals surface area contributed by atoms with E-state index in [2.05, 4.69) is 14.9 Å². The standard InChI is InChI=1S/C16H20ClN3O2/c17-12-9-18-16(20-5-1-2-6-20)19-14(12)15(21)22-13-8-10-3-4-11(13)7-10/h9-11,13H,1-8H2. The van der Waals surface area contributed by atoms with Crippen LogP contribution in [-0.2, 0) is 4.74 Å². The van der Waals surface area contributed by atoms with Gasteiger partial charge in [0.05, 0.1) is 11.2 Å². The number of hydrogen-bond donors (Lipinski definition) is 0. The smallest absolute Gasteiger partial charge is 0.358 e. The minimum absolute atomic E-state index is 0.0486. The van der Waals surface area contributed by atoms with Crippen LogP contribution in [0.1, 0.15) is 49.0 Å². The second-order valence-electron chi connectivity index (χ2n) is 6.68. The first-order chi connectivity index (χ1) is 10.7. The van der Waals surface area contributed by atoms with E-state index in [-0.39, 0.29) is 16.8 Å². The van der Waals surface area contributed by atoms with Crippen molar-refractivity contribution >= 4 is 23.5 Å². The van der Waals surface area contributed by atoms with Gasteiger partial charge in [-0.05, 0) is 50.4 Å². The highest BCUT2D eigenvalue weighted by Crippen LogP contribution is 2.46. The summed E-state index contributed by atoms with van der Waals surface area (Å²) in [5, 5.41) is 0.274. The van der Waals surface area contributed by atoms with Gasteiger partial charge in [0.15, 0.2) is 5.69 Å². The van der Waals surface area contributed by atoms with Crippen LogP contribution in [0, 0.1) is 11.8 Å². The molecule has 5 nitrogen and oxygen atoms in total. The van der Waals surface area contributed by atoms with Crippen LogP contribution in [-0.4, -0.2) is 35.1 Å². The molecule has 3 atom stereocenters. The van der Waals surface area contributed by atoms with Crippen LogP contribution in [0.2, 0.25) is 5.02 Å². The third-order valence-electron chi connectivity index (χ3n) is 5.25. The highest BCUT2D eigenvalue weighted by atomic mass is 35.5. The summed E-state index contributed by atoms with van der Waals surface area (Å²) in [6.07, 6.45) is 8.50. The number of aromatic nitrogens is 2. The Hall–Kier alpha value is -1.36. The average molecular weight is 322 g/mol. The van der Waals surface area contributed by atoms with Crippen molar-refractivity contribution in [1.29, 1.82) is 0 Å². The van der Waals surface area contributed by atoms with Crippen molar-refractivity contribution in [3.8, 4) is 0 Å². The molecule has 1 aromatic heterocycles. The summed E-state index contributed by atoms with van der Waals surface area (Å²) < 4.78 is 5.70. The van der Waals surface area contributed by atoms with Gasteiger partial charge in [0.25, 0.3) is 0 Å². The maximum atomic E-state index is 12.4. The van der Waals surface area contributed by atoms with Gasteiger partial charge in [-0.3, -0.25) is 0 Å². The fourth-order valence-corrected chi connectivity index (χ4v) is 4.26. The molecule has 1 aliphatic heterocycles. The van der Waals surface area contributed by atoms with Crippen LogP contribution in [0.15, 0.2) is 6.20 Å². The van der Waals surface area contributed by atoms with Gasteiger partial charge < -0.3 is 9.64 Å². The van der Waals surface area contributed by atoms with Crippen molar-refractivity contribution in [2.24, 2.45) is 11.8 Å². The van der Waals surface area contributed by atoms with Crippen LogP contribution < -0.4 is 4.90 Å². The van der Waals surface area contributed by atoms with Crippen molar-refractivity contribution in [2.45, 2.75) is 44.6 Å². The summed E-state index contributed by atoms with van der Waals surface area (Å²) >= 11 is 6.12. The number of carbonyl (C=O) groups is 1. The van der Waals surface area contributed by atoms with Crippen LogP contribution in [0.4, 0.5) is 5.95 Å². The van der Waals surface area contributed by atoms with E-state index in [4.69, 9.17) is 16.3 Å². The van der Waals surface area contributed by atoms with Crippen LogP contribution in [0.5, 0.6) is 0 Å². The van der Waals surface area contributed by atoms with E-state index in [9.17, 15) is 4.79 Å². The second-order valence-corrected chi connectivity index (χ2v) is 7.09. The minimum Gasteiger partial charge on any atom is -0.457 e. The summed E-state index contributed by atoms with van der Waals surface area (Å²) in [6.45, 7) is 1.87. The number of ether oxygens (including phenoxy) is 1. The topological polar surface area (TPSA) is 55.3 Å². The Morgan fingerprint density at radius 2 is 2.09 bits per heavy atom. The molecule has 1 saturated heterocycles. The number of fused-ring (bicyclic) bond motifs is 2. The van der Waals surface area contributed by atoms with Gasteiger partial charge in [-0.15, -0.1) is 0 Å². The van der Waals surface area contributed by atoms with E-state index in [0.29, 0.717) is 11.9 Å². The van der Waals surface area contributed by atoms with Crippen molar-refractivity contribution in [3.05, 3.63) is 16.9 Å². The van der Waals surface area contributed by atoms with E-state index in [1.807, 2.05) is 0 Å². The molecule has 22 heavy (non-hydrogen) atoms. The monoisotopic (exact) mass is 321 g/mol. The Kier molecular flexibility index (Phi) is 3.68. The van der Waals surface area contributed by atoms with Gasteiger partial charge in [-0.25, -0.2) is 14.8 Å². The molecular weight excluding hydrogens is 302 g/mol. The molecule has 4 rings (SSSR count). The summed E-state index contributed by atoms with van der Waals surface area (Å²) in [4.78, 5) is 23.2. The summed E-state index contributed by atoms with van der Waals surface area (Å²) in [5.41, 5.74) is 0.210. The van der Waals surface area contributed by atoms with Gasteiger partial charge in [-0.1, -0.05) is 11.6 Å². The van der Waals surface area contributed by atoms with Gasteiger partial charge in [-0.2, -0.15) is 0 Å². The first-order valence-electron chi connectivity index (χ1n) is 8.19. The van der Waals surface area contributed by atoms with Crippen molar-refractivity contribution < 1.29 is 9.53 Å².